The number of hydrogen-bond acceptors (Lipinski definition) is 3. The third-order valence-electron chi connectivity index (χ3n) is 2.33. The Morgan fingerprint density at radius 1 is 1.38 bits per heavy atom. The zero-order valence-electron chi connectivity index (χ0n) is 9.42. The van der Waals surface area contributed by atoms with Crippen LogP contribution in [0.2, 0.25) is 0 Å². The van der Waals surface area contributed by atoms with Crippen LogP contribution in [0.3, 0.4) is 0 Å². The molecular weight excluding hydrogens is 164 g/mol. The van der Waals surface area contributed by atoms with Gasteiger partial charge in [-0.3, -0.25) is 0 Å². The molecule has 0 aliphatic rings. The second-order valence-corrected chi connectivity index (χ2v) is 3.93. The van der Waals surface area contributed by atoms with Crippen molar-refractivity contribution in [2.24, 2.45) is 5.73 Å². The summed E-state index contributed by atoms with van der Waals surface area (Å²) >= 11 is 0. The summed E-state index contributed by atoms with van der Waals surface area (Å²) in [5.74, 6) is 0. The number of ether oxygens (including phenoxy) is 1. The van der Waals surface area contributed by atoms with Crippen LogP contribution in [0.5, 0.6) is 0 Å². The van der Waals surface area contributed by atoms with Gasteiger partial charge in [0.05, 0.1) is 0 Å². The highest BCUT2D eigenvalue weighted by Crippen LogP contribution is 2.00. The van der Waals surface area contributed by atoms with E-state index in [4.69, 9.17) is 10.5 Å². The maximum atomic E-state index is 5.96. The van der Waals surface area contributed by atoms with Crippen molar-refractivity contribution in [1.82, 2.24) is 4.90 Å². The van der Waals surface area contributed by atoms with E-state index in [-0.39, 0.29) is 6.04 Å². The molecule has 3 nitrogen and oxygen atoms in total. The zero-order valence-corrected chi connectivity index (χ0v) is 9.42. The number of likely N-dealkylation sites (N-methyl/N-ethyl adjacent to an activating group) is 1. The highest BCUT2D eigenvalue weighted by atomic mass is 16.5. The smallest absolute Gasteiger partial charge is 0.0462 e. The Morgan fingerprint density at radius 2 is 2.00 bits per heavy atom. The fourth-order valence-electron chi connectivity index (χ4n) is 1.16. The van der Waals surface area contributed by atoms with Gasteiger partial charge in [0.1, 0.15) is 0 Å². The van der Waals surface area contributed by atoms with Crippen molar-refractivity contribution < 1.29 is 4.74 Å². The highest BCUT2D eigenvalue weighted by Gasteiger charge is 2.08. The van der Waals surface area contributed by atoms with Gasteiger partial charge in [0.25, 0.3) is 0 Å². The van der Waals surface area contributed by atoms with Gasteiger partial charge in [-0.05, 0) is 33.7 Å². The van der Waals surface area contributed by atoms with E-state index in [9.17, 15) is 0 Å². The van der Waals surface area contributed by atoms with E-state index in [2.05, 4.69) is 25.8 Å². The summed E-state index contributed by atoms with van der Waals surface area (Å²) in [6.45, 7) is 6.16. The summed E-state index contributed by atoms with van der Waals surface area (Å²) in [5, 5.41) is 0. The Hall–Kier alpha value is -0.120. The molecule has 0 fully saturated rings. The summed E-state index contributed by atoms with van der Waals surface area (Å²) in [7, 11) is 3.84. The van der Waals surface area contributed by atoms with Crippen LogP contribution in [0.25, 0.3) is 0 Å². The molecule has 0 bridgehead atoms. The van der Waals surface area contributed by atoms with Gasteiger partial charge in [0.15, 0.2) is 0 Å². The van der Waals surface area contributed by atoms with Crippen LogP contribution in [0.4, 0.5) is 0 Å². The first-order valence-electron chi connectivity index (χ1n) is 5.02. The van der Waals surface area contributed by atoms with Crippen LogP contribution in [0, 0.1) is 0 Å². The van der Waals surface area contributed by atoms with Gasteiger partial charge >= 0.3 is 0 Å². The lowest BCUT2D eigenvalue weighted by molar-refractivity contribution is 0.185. The van der Waals surface area contributed by atoms with Crippen molar-refractivity contribution in [3.63, 3.8) is 0 Å². The maximum absolute atomic E-state index is 5.96. The quantitative estimate of drug-likeness (QED) is 0.608. The second kappa shape index (κ2) is 7.30. The van der Waals surface area contributed by atoms with Crippen LogP contribution in [-0.4, -0.2) is 44.3 Å². The van der Waals surface area contributed by atoms with E-state index >= 15 is 0 Å². The summed E-state index contributed by atoms with van der Waals surface area (Å²) in [5.41, 5.74) is 5.96. The van der Waals surface area contributed by atoms with Gasteiger partial charge in [-0.1, -0.05) is 0 Å². The van der Waals surface area contributed by atoms with E-state index in [1.54, 1.807) is 7.11 Å². The summed E-state index contributed by atoms with van der Waals surface area (Å²) in [4.78, 5) is 2.28. The molecule has 0 aliphatic carbocycles. The molecule has 3 heteroatoms. The zero-order chi connectivity index (χ0) is 10.3. The standard InChI is InChI=1S/C10H24N2O/c1-9(2)12(3)8-10(11)6-5-7-13-4/h9-10H,5-8,11H2,1-4H3. The molecule has 0 aliphatic heterocycles. The Balaban J connectivity index is 3.43. The van der Waals surface area contributed by atoms with Gasteiger partial charge in [-0.25, -0.2) is 0 Å². The van der Waals surface area contributed by atoms with Crippen molar-refractivity contribution >= 4 is 0 Å². The van der Waals surface area contributed by atoms with Crippen molar-refractivity contribution in [3.8, 4) is 0 Å². The topological polar surface area (TPSA) is 38.5 Å². The second-order valence-electron chi connectivity index (χ2n) is 3.93. The molecule has 2 N–H and O–H groups in total. The van der Waals surface area contributed by atoms with Gasteiger partial charge < -0.3 is 15.4 Å². The molecule has 0 aromatic carbocycles. The molecule has 0 rings (SSSR count). The number of nitrogens with zero attached hydrogens (tertiary/aromatic N) is 1. The fourth-order valence-corrected chi connectivity index (χ4v) is 1.16. The van der Waals surface area contributed by atoms with Gasteiger partial charge in [-0.2, -0.15) is 0 Å². The molecule has 0 spiro atoms. The molecule has 0 radical (unpaired) electrons. The molecule has 0 aromatic heterocycles. The third kappa shape index (κ3) is 6.99. The largest absolute Gasteiger partial charge is 0.385 e. The molecule has 1 atom stereocenters. The minimum Gasteiger partial charge on any atom is -0.385 e. The number of rotatable bonds is 7. The van der Waals surface area contributed by atoms with Crippen LogP contribution in [0.15, 0.2) is 0 Å². The van der Waals surface area contributed by atoms with E-state index in [1.807, 2.05) is 0 Å². The van der Waals surface area contributed by atoms with Gasteiger partial charge in [0.2, 0.25) is 0 Å². The van der Waals surface area contributed by atoms with Crippen molar-refractivity contribution in [2.75, 3.05) is 27.3 Å². The molecule has 0 saturated heterocycles. The Morgan fingerprint density at radius 3 is 2.46 bits per heavy atom. The molecule has 0 saturated carbocycles. The third-order valence-corrected chi connectivity index (χ3v) is 2.33. The van der Waals surface area contributed by atoms with Gasteiger partial charge in [0, 0.05) is 32.3 Å². The molecule has 80 valence electrons. The van der Waals surface area contributed by atoms with Crippen LogP contribution in [0.1, 0.15) is 26.7 Å². The molecule has 13 heavy (non-hydrogen) atoms. The average molecular weight is 188 g/mol. The molecule has 0 heterocycles. The fraction of sp³-hybridized carbons (Fsp3) is 1.00. The van der Waals surface area contributed by atoms with E-state index < -0.39 is 0 Å². The SMILES string of the molecule is COCCCC(N)CN(C)C(C)C. The maximum Gasteiger partial charge on any atom is 0.0462 e. The minimum absolute atomic E-state index is 0.280. The van der Waals surface area contributed by atoms with Gasteiger partial charge in [-0.15, -0.1) is 0 Å². The lowest BCUT2D eigenvalue weighted by atomic mass is 10.1. The van der Waals surface area contributed by atoms with Crippen molar-refractivity contribution in [2.45, 2.75) is 38.8 Å². The lowest BCUT2D eigenvalue weighted by Gasteiger charge is -2.24. The Labute approximate surface area is 82.2 Å². The first-order valence-corrected chi connectivity index (χ1v) is 5.02. The normalized spacial score (nSPS) is 14.1. The summed E-state index contributed by atoms with van der Waals surface area (Å²) in [6, 6.07) is 0.857. The summed E-state index contributed by atoms with van der Waals surface area (Å²) in [6.07, 6.45) is 2.11. The predicted molar refractivity (Wildman–Crippen MR) is 56.9 cm³/mol. The Bertz CT molecular complexity index is 117. The minimum atomic E-state index is 0.280. The highest BCUT2D eigenvalue weighted by molar-refractivity contribution is 4.68. The molecular formula is C10H24N2O. The van der Waals surface area contributed by atoms with Crippen LogP contribution in [-0.2, 0) is 4.74 Å². The predicted octanol–water partition coefficient (Wildman–Crippen LogP) is 1.08. The summed E-state index contributed by atoms with van der Waals surface area (Å²) < 4.78 is 4.98. The van der Waals surface area contributed by atoms with Crippen molar-refractivity contribution in [1.29, 1.82) is 0 Å². The van der Waals surface area contributed by atoms with E-state index in [0.717, 1.165) is 26.0 Å². The van der Waals surface area contributed by atoms with Crippen molar-refractivity contribution in [3.05, 3.63) is 0 Å². The Kier molecular flexibility index (Phi) is 7.23. The number of methoxy groups -OCH3 is 1. The molecule has 0 amide bonds. The van der Waals surface area contributed by atoms with Crippen LogP contribution < -0.4 is 5.73 Å². The molecule has 1 unspecified atom stereocenters. The first kappa shape index (κ1) is 12.9. The lowest BCUT2D eigenvalue weighted by Crippen LogP contribution is -2.38. The average Bonchev–Trinajstić information content (AvgIpc) is 2.04. The number of hydrogen-bond donors (Lipinski definition) is 1. The van der Waals surface area contributed by atoms with E-state index in [0.29, 0.717) is 6.04 Å². The van der Waals surface area contributed by atoms with E-state index in [1.165, 1.54) is 0 Å². The molecule has 0 aromatic rings. The first-order chi connectivity index (χ1) is 6.07. The number of nitrogens with two attached hydrogens (primary N) is 1. The van der Waals surface area contributed by atoms with Crippen LogP contribution >= 0.6 is 0 Å². The monoisotopic (exact) mass is 188 g/mol.